The molecule has 0 fully saturated rings. The van der Waals surface area contributed by atoms with E-state index >= 15 is 0 Å². The molecule has 122 valence electrons. The number of benzene rings is 1. The van der Waals surface area contributed by atoms with E-state index in [1.165, 1.54) is 13.1 Å². The number of hydrogen-bond donors (Lipinski definition) is 2. The molecule has 0 saturated heterocycles. The van der Waals surface area contributed by atoms with Crippen LogP contribution in [0.25, 0.3) is 11.0 Å². The first kappa shape index (κ1) is 16.5. The number of aryl methyl sites for hydroxylation is 2. The molecule has 0 spiro atoms. The van der Waals surface area contributed by atoms with Gasteiger partial charge in [-0.3, -0.25) is 9.59 Å². The minimum atomic E-state index is -1.13. The number of hydrogen-bond acceptors (Lipinski definition) is 5. The van der Waals surface area contributed by atoms with Gasteiger partial charge in [0.05, 0.1) is 12.0 Å². The van der Waals surface area contributed by atoms with Gasteiger partial charge in [-0.25, -0.2) is 4.79 Å². The number of phenols is 1. The normalized spacial score (nSPS) is 10.7. The molecule has 7 nitrogen and oxygen atoms in total. The Morgan fingerprint density at radius 2 is 1.87 bits per heavy atom. The molecule has 0 aliphatic heterocycles. The van der Waals surface area contributed by atoms with E-state index in [1.54, 1.807) is 19.9 Å². The molecule has 0 saturated carbocycles. The van der Waals surface area contributed by atoms with Crippen LogP contribution in [-0.4, -0.2) is 40.6 Å². The zero-order valence-corrected chi connectivity index (χ0v) is 13.0. The molecular weight excluding hydrogens is 302 g/mol. The average Bonchev–Trinajstić information content (AvgIpc) is 2.46. The molecule has 0 aliphatic rings. The molecule has 2 aromatic rings. The van der Waals surface area contributed by atoms with Crippen LogP contribution < -0.4 is 5.63 Å². The maximum atomic E-state index is 12.2. The third-order valence-corrected chi connectivity index (χ3v) is 3.80. The maximum absolute atomic E-state index is 12.2. The second-order valence-corrected chi connectivity index (χ2v) is 5.40. The Bertz CT molecular complexity index is 852. The lowest BCUT2D eigenvalue weighted by molar-refractivity contribution is -0.143. The number of carboxylic acids is 1. The molecule has 2 rings (SSSR count). The van der Waals surface area contributed by atoms with Crippen LogP contribution in [0.1, 0.15) is 16.7 Å². The maximum Gasteiger partial charge on any atom is 0.340 e. The van der Waals surface area contributed by atoms with Crippen molar-refractivity contribution in [1.29, 1.82) is 0 Å². The lowest BCUT2D eigenvalue weighted by atomic mass is 10.0. The topological polar surface area (TPSA) is 108 Å². The quantitative estimate of drug-likeness (QED) is 0.820. The second-order valence-electron chi connectivity index (χ2n) is 5.40. The number of phenolic OH excluding ortho intramolecular Hbond substituents is 1. The summed E-state index contributed by atoms with van der Waals surface area (Å²) < 4.78 is 5.24. The van der Waals surface area contributed by atoms with Gasteiger partial charge in [0.2, 0.25) is 5.91 Å². The molecule has 2 N–H and O–H groups in total. The Balaban J connectivity index is 2.47. The van der Waals surface area contributed by atoms with E-state index in [9.17, 15) is 19.5 Å². The summed E-state index contributed by atoms with van der Waals surface area (Å²) in [6.07, 6.45) is -0.242. The highest BCUT2D eigenvalue weighted by Gasteiger charge is 2.19. The fourth-order valence-corrected chi connectivity index (χ4v) is 2.36. The molecule has 1 aromatic carbocycles. The summed E-state index contributed by atoms with van der Waals surface area (Å²) >= 11 is 0. The van der Waals surface area contributed by atoms with Crippen molar-refractivity contribution in [3.8, 4) is 5.75 Å². The molecule has 1 aromatic heterocycles. The fraction of sp³-hybridized carbons (Fsp3) is 0.312. The van der Waals surface area contributed by atoms with Crippen molar-refractivity contribution in [2.24, 2.45) is 0 Å². The van der Waals surface area contributed by atoms with Crippen molar-refractivity contribution in [3.05, 3.63) is 39.2 Å². The number of amides is 1. The van der Waals surface area contributed by atoms with E-state index in [2.05, 4.69) is 0 Å². The minimum Gasteiger partial charge on any atom is -0.508 e. The molecule has 23 heavy (non-hydrogen) atoms. The van der Waals surface area contributed by atoms with Gasteiger partial charge in [-0.1, -0.05) is 0 Å². The number of fused-ring (bicyclic) bond motifs is 1. The number of aromatic hydroxyl groups is 1. The molecule has 0 atom stereocenters. The summed E-state index contributed by atoms with van der Waals surface area (Å²) in [4.78, 5) is 35.9. The monoisotopic (exact) mass is 319 g/mol. The molecule has 0 radical (unpaired) electrons. The van der Waals surface area contributed by atoms with Crippen molar-refractivity contribution in [2.75, 3.05) is 13.6 Å². The standard InChI is InChI=1S/C16H17NO6/c1-8-10-4-5-12(18)9(2)15(10)23-16(22)11(8)6-13(19)17(3)7-14(20)21/h4-5,18H,6-7H2,1-3H3,(H,20,21). The van der Waals surface area contributed by atoms with E-state index in [4.69, 9.17) is 9.52 Å². The number of rotatable bonds is 4. The number of aliphatic carboxylic acids is 1. The second kappa shape index (κ2) is 6.12. The van der Waals surface area contributed by atoms with Crippen LogP contribution in [0.15, 0.2) is 21.3 Å². The fourth-order valence-electron chi connectivity index (χ4n) is 2.36. The average molecular weight is 319 g/mol. The van der Waals surface area contributed by atoms with Crippen molar-refractivity contribution in [1.82, 2.24) is 4.90 Å². The predicted molar refractivity (Wildman–Crippen MR) is 82.6 cm³/mol. The molecule has 1 amide bonds. The van der Waals surface area contributed by atoms with E-state index in [0.29, 0.717) is 16.5 Å². The van der Waals surface area contributed by atoms with Crippen LogP contribution in [0.2, 0.25) is 0 Å². The third-order valence-electron chi connectivity index (χ3n) is 3.80. The van der Waals surface area contributed by atoms with Gasteiger partial charge in [0.15, 0.2) is 0 Å². The van der Waals surface area contributed by atoms with Crippen molar-refractivity contribution < 1.29 is 24.2 Å². The third kappa shape index (κ3) is 3.18. The largest absolute Gasteiger partial charge is 0.508 e. The van der Waals surface area contributed by atoms with E-state index < -0.39 is 24.0 Å². The number of likely N-dealkylation sites (N-methyl/N-ethyl adjacent to an activating group) is 1. The highest BCUT2D eigenvalue weighted by molar-refractivity contribution is 5.88. The van der Waals surface area contributed by atoms with E-state index in [-0.39, 0.29) is 23.3 Å². The Morgan fingerprint density at radius 3 is 2.48 bits per heavy atom. The van der Waals surface area contributed by atoms with Gasteiger partial charge in [0.1, 0.15) is 17.9 Å². The van der Waals surface area contributed by atoms with Crippen LogP contribution in [0, 0.1) is 13.8 Å². The van der Waals surface area contributed by atoms with Gasteiger partial charge < -0.3 is 19.5 Å². The minimum absolute atomic E-state index is 0.0186. The summed E-state index contributed by atoms with van der Waals surface area (Å²) in [5.41, 5.74) is 0.827. The molecular formula is C16H17NO6. The van der Waals surface area contributed by atoms with Crippen molar-refractivity contribution in [2.45, 2.75) is 20.3 Å². The van der Waals surface area contributed by atoms with Gasteiger partial charge in [-0.15, -0.1) is 0 Å². The SMILES string of the molecule is Cc1c(CC(=O)N(C)CC(=O)O)c(=O)oc2c(C)c(O)ccc12. The number of carboxylic acid groups (broad SMARTS) is 1. The zero-order chi connectivity index (χ0) is 17.3. The van der Waals surface area contributed by atoms with E-state index in [0.717, 1.165) is 4.90 Å². The molecule has 0 unspecified atom stereocenters. The van der Waals surface area contributed by atoms with Crippen LogP contribution >= 0.6 is 0 Å². The Hall–Kier alpha value is -2.83. The zero-order valence-electron chi connectivity index (χ0n) is 13.0. The lowest BCUT2D eigenvalue weighted by Crippen LogP contribution is -2.34. The van der Waals surface area contributed by atoms with Crippen molar-refractivity contribution >= 4 is 22.8 Å². The first-order valence-electron chi connectivity index (χ1n) is 6.93. The highest BCUT2D eigenvalue weighted by Crippen LogP contribution is 2.28. The first-order chi connectivity index (χ1) is 10.7. The van der Waals surface area contributed by atoms with Gasteiger partial charge in [-0.05, 0) is 31.5 Å². The predicted octanol–water partition coefficient (Wildman–Crippen LogP) is 1.20. The summed E-state index contributed by atoms with van der Waals surface area (Å²) in [6.45, 7) is 2.88. The summed E-state index contributed by atoms with van der Waals surface area (Å²) in [5.74, 6) is -1.60. The van der Waals surface area contributed by atoms with Gasteiger partial charge in [0.25, 0.3) is 0 Å². The highest BCUT2D eigenvalue weighted by atomic mass is 16.4. The van der Waals surface area contributed by atoms with Gasteiger partial charge >= 0.3 is 11.6 Å². The smallest absolute Gasteiger partial charge is 0.340 e. The molecule has 7 heteroatoms. The first-order valence-corrected chi connectivity index (χ1v) is 6.93. The van der Waals surface area contributed by atoms with Crippen LogP contribution in [0.4, 0.5) is 0 Å². The summed E-state index contributed by atoms with van der Waals surface area (Å²) in [5, 5.41) is 19.0. The van der Waals surface area contributed by atoms with Gasteiger partial charge in [-0.2, -0.15) is 0 Å². The lowest BCUT2D eigenvalue weighted by Gasteiger charge is -2.15. The van der Waals surface area contributed by atoms with Crippen LogP contribution in [-0.2, 0) is 16.0 Å². The summed E-state index contributed by atoms with van der Waals surface area (Å²) in [6, 6.07) is 3.11. The van der Waals surface area contributed by atoms with Crippen LogP contribution in [0.5, 0.6) is 5.75 Å². The number of nitrogens with zero attached hydrogens (tertiary/aromatic N) is 1. The van der Waals surface area contributed by atoms with E-state index in [1.807, 2.05) is 0 Å². The number of carbonyl (C=O) groups excluding carboxylic acids is 1. The molecule has 1 heterocycles. The number of carbonyl (C=O) groups is 2. The summed E-state index contributed by atoms with van der Waals surface area (Å²) in [7, 11) is 1.36. The van der Waals surface area contributed by atoms with Crippen molar-refractivity contribution in [3.63, 3.8) is 0 Å². The van der Waals surface area contributed by atoms with Crippen LogP contribution in [0.3, 0.4) is 0 Å². The van der Waals surface area contributed by atoms with Gasteiger partial charge in [0, 0.05) is 18.0 Å². The Kier molecular flexibility index (Phi) is 4.40. The Morgan fingerprint density at radius 1 is 1.22 bits per heavy atom. The molecule has 0 aliphatic carbocycles. The Labute approximate surface area is 131 Å². The molecule has 0 bridgehead atoms.